The number of nitrogens with zero attached hydrogens (tertiary/aromatic N) is 1. The zero-order valence-corrected chi connectivity index (χ0v) is 12.5. The van der Waals surface area contributed by atoms with Gasteiger partial charge in [0.2, 0.25) is 0 Å². The molecule has 0 fully saturated rings. The molecule has 1 heterocycles. The number of ether oxygens (including phenoxy) is 1. The molecule has 108 valence electrons. The first-order valence-electron chi connectivity index (χ1n) is 6.69. The van der Waals surface area contributed by atoms with Crippen LogP contribution in [0.1, 0.15) is 23.7 Å². The van der Waals surface area contributed by atoms with Gasteiger partial charge in [-0.15, -0.1) is 11.3 Å². The van der Waals surface area contributed by atoms with Gasteiger partial charge in [0, 0.05) is 30.1 Å². The highest BCUT2D eigenvalue weighted by Gasteiger charge is 2.03. The summed E-state index contributed by atoms with van der Waals surface area (Å²) in [5, 5.41) is 4.43. The summed E-state index contributed by atoms with van der Waals surface area (Å²) in [6.45, 7) is 5.65. The Morgan fingerprint density at radius 2 is 2.05 bits per heavy atom. The summed E-state index contributed by atoms with van der Waals surface area (Å²) in [7, 11) is 0. The van der Waals surface area contributed by atoms with Crippen molar-refractivity contribution in [1.82, 2.24) is 10.3 Å². The van der Waals surface area contributed by atoms with Gasteiger partial charge in [-0.05, 0) is 24.3 Å². The molecule has 0 amide bonds. The third kappa shape index (κ3) is 4.90. The molecule has 1 aromatic heterocycles. The zero-order valence-electron chi connectivity index (χ0n) is 11.7. The van der Waals surface area contributed by atoms with E-state index in [4.69, 9.17) is 4.74 Å². The lowest BCUT2D eigenvalue weighted by Gasteiger charge is -2.05. The van der Waals surface area contributed by atoms with E-state index in [1.165, 1.54) is 17.0 Å². The van der Waals surface area contributed by atoms with Crippen molar-refractivity contribution < 1.29 is 9.13 Å². The molecule has 0 bridgehead atoms. The maximum atomic E-state index is 12.7. The fraction of sp³-hybridized carbons (Fsp3) is 0.400. The van der Waals surface area contributed by atoms with Crippen LogP contribution in [0.5, 0.6) is 5.75 Å². The summed E-state index contributed by atoms with van der Waals surface area (Å²) in [6.07, 6.45) is 2.68. The van der Waals surface area contributed by atoms with E-state index in [0.717, 1.165) is 18.0 Å². The van der Waals surface area contributed by atoms with Crippen LogP contribution >= 0.6 is 11.3 Å². The highest BCUT2D eigenvalue weighted by Crippen LogP contribution is 2.15. The molecule has 20 heavy (non-hydrogen) atoms. The van der Waals surface area contributed by atoms with Crippen LogP contribution < -0.4 is 10.1 Å². The minimum Gasteiger partial charge on any atom is -0.493 e. The summed E-state index contributed by atoms with van der Waals surface area (Å²) in [5.74, 6) is 0.434. The molecule has 0 atom stereocenters. The third-order valence-electron chi connectivity index (χ3n) is 2.68. The van der Waals surface area contributed by atoms with E-state index >= 15 is 0 Å². The Bertz CT molecular complexity index is 525. The van der Waals surface area contributed by atoms with Crippen molar-refractivity contribution in [3.8, 4) is 5.75 Å². The number of rotatable bonds is 7. The second-order valence-corrected chi connectivity index (χ2v) is 6.01. The number of nitrogens with one attached hydrogen (secondary N) is 1. The van der Waals surface area contributed by atoms with Gasteiger partial charge in [-0.2, -0.15) is 0 Å². The van der Waals surface area contributed by atoms with Crippen molar-refractivity contribution in [3.63, 3.8) is 0 Å². The first-order valence-corrected chi connectivity index (χ1v) is 7.50. The number of halogens is 1. The summed E-state index contributed by atoms with van der Waals surface area (Å²) in [4.78, 5) is 5.61. The number of hydrogen-bond donors (Lipinski definition) is 1. The fourth-order valence-corrected chi connectivity index (χ4v) is 2.49. The molecule has 0 saturated heterocycles. The van der Waals surface area contributed by atoms with Crippen LogP contribution in [0.15, 0.2) is 30.5 Å². The van der Waals surface area contributed by atoms with Crippen LogP contribution in [0, 0.1) is 5.82 Å². The smallest absolute Gasteiger partial charge is 0.123 e. The molecule has 2 rings (SSSR count). The van der Waals surface area contributed by atoms with Gasteiger partial charge in [0.25, 0.3) is 0 Å². The number of benzene rings is 1. The lowest BCUT2D eigenvalue weighted by atomic mass is 10.3. The predicted octanol–water partition coefficient (Wildman–Crippen LogP) is 3.40. The molecule has 0 saturated carbocycles. The maximum Gasteiger partial charge on any atom is 0.123 e. The van der Waals surface area contributed by atoms with Gasteiger partial charge >= 0.3 is 0 Å². The minimum absolute atomic E-state index is 0.250. The zero-order chi connectivity index (χ0) is 14.4. The van der Waals surface area contributed by atoms with Gasteiger partial charge in [-0.3, -0.25) is 0 Å². The second kappa shape index (κ2) is 7.36. The first kappa shape index (κ1) is 14.9. The molecule has 5 heteroatoms. The van der Waals surface area contributed by atoms with E-state index in [1.54, 1.807) is 23.5 Å². The van der Waals surface area contributed by atoms with Crippen LogP contribution in [-0.2, 0) is 13.0 Å². The molecule has 0 aliphatic heterocycles. The molecular formula is C15H19FN2OS. The summed E-state index contributed by atoms with van der Waals surface area (Å²) in [6, 6.07) is 6.54. The Balaban J connectivity index is 1.75. The van der Waals surface area contributed by atoms with Crippen LogP contribution in [0.2, 0.25) is 0 Å². The lowest BCUT2D eigenvalue weighted by Crippen LogP contribution is -2.21. The third-order valence-corrected chi connectivity index (χ3v) is 3.74. The van der Waals surface area contributed by atoms with Gasteiger partial charge in [-0.25, -0.2) is 9.37 Å². The van der Waals surface area contributed by atoms with Crippen molar-refractivity contribution in [3.05, 3.63) is 46.2 Å². The molecule has 0 radical (unpaired) electrons. The van der Waals surface area contributed by atoms with Crippen molar-refractivity contribution in [2.45, 2.75) is 32.9 Å². The largest absolute Gasteiger partial charge is 0.493 e. The van der Waals surface area contributed by atoms with E-state index in [2.05, 4.69) is 24.1 Å². The van der Waals surface area contributed by atoms with E-state index in [0.29, 0.717) is 18.4 Å². The number of aromatic nitrogens is 1. The molecule has 3 nitrogen and oxygen atoms in total. The summed E-state index contributed by atoms with van der Waals surface area (Å²) in [5.41, 5.74) is 0. The summed E-state index contributed by atoms with van der Waals surface area (Å²) < 4.78 is 18.3. The molecule has 1 N–H and O–H groups in total. The van der Waals surface area contributed by atoms with Gasteiger partial charge in [-0.1, -0.05) is 13.8 Å². The Hall–Kier alpha value is -1.46. The van der Waals surface area contributed by atoms with E-state index < -0.39 is 0 Å². The Kier molecular flexibility index (Phi) is 5.49. The van der Waals surface area contributed by atoms with Gasteiger partial charge < -0.3 is 10.1 Å². The van der Waals surface area contributed by atoms with Crippen LogP contribution in [0.4, 0.5) is 4.39 Å². The molecule has 1 aromatic carbocycles. The Labute approximate surface area is 122 Å². The predicted molar refractivity (Wildman–Crippen MR) is 79.7 cm³/mol. The quantitative estimate of drug-likeness (QED) is 0.850. The summed E-state index contributed by atoms with van der Waals surface area (Å²) >= 11 is 1.70. The van der Waals surface area contributed by atoms with Gasteiger partial charge in [0.05, 0.1) is 11.6 Å². The van der Waals surface area contributed by atoms with Gasteiger partial charge in [0.1, 0.15) is 11.6 Å². The SMILES string of the molecule is CC(C)NCc1cnc(CCOc2ccc(F)cc2)s1. The average molecular weight is 294 g/mol. The highest BCUT2D eigenvalue weighted by molar-refractivity contribution is 7.11. The maximum absolute atomic E-state index is 12.7. The van der Waals surface area contributed by atoms with E-state index in [9.17, 15) is 4.39 Å². The average Bonchev–Trinajstić information content (AvgIpc) is 2.87. The van der Waals surface area contributed by atoms with Crippen molar-refractivity contribution in [2.75, 3.05) is 6.61 Å². The normalized spacial score (nSPS) is 11.0. The van der Waals surface area contributed by atoms with Crippen molar-refractivity contribution in [2.24, 2.45) is 0 Å². The molecule has 0 unspecified atom stereocenters. The van der Waals surface area contributed by atoms with Crippen molar-refractivity contribution in [1.29, 1.82) is 0 Å². The minimum atomic E-state index is -0.250. The highest BCUT2D eigenvalue weighted by atomic mass is 32.1. The molecule has 0 spiro atoms. The topological polar surface area (TPSA) is 34.2 Å². The number of thiazole rings is 1. The van der Waals surface area contributed by atoms with Gasteiger partial charge in [0.15, 0.2) is 0 Å². The second-order valence-electron chi connectivity index (χ2n) is 4.81. The van der Waals surface area contributed by atoms with Crippen molar-refractivity contribution >= 4 is 11.3 Å². The Morgan fingerprint density at radius 1 is 1.30 bits per heavy atom. The Morgan fingerprint density at radius 3 is 2.75 bits per heavy atom. The number of hydrogen-bond acceptors (Lipinski definition) is 4. The molecule has 0 aliphatic rings. The molecule has 0 aliphatic carbocycles. The standard InChI is InChI=1S/C15H19FN2OS/c1-11(2)17-9-14-10-18-15(20-14)7-8-19-13-5-3-12(16)4-6-13/h3-6,10-11,17H,7-9H2,1-2H3. The molecule has 2 aromatic rings. The van der Waals surface area contributed by atoms with Crippen LogP contribution in [-0.4, -0.2) is 17.6 Å². The van der Waals surface area contributed by atoms with Crippen LogP contribution in [0.25, 0.3) is 0 Å². The van der Waals surface area contributed by atoms with E-state index in [1.807, 2.05) is 6.20 Å². The lowest BCUT2D eigenvalue weighted by molar-refractivity contribution is 0.321. The first-order chi connectivity index (χ1) is 9.63. The monoisotopic (exact) mass is 294 g/mol. The fourth-order valence-electron chi connectivity index (χ4n) is 1.64. The van der Waals surface area contributed by atoms with E-state index in [-0.39, 0.29) is 5.82 Å². The van der Waals surface area contributed by atoms with Crippen LogP contribution in [0.3, 0.4) is 0 Å². The molecular weight excluding hydrogens is 275 g/mol.